The van der Waals surface area contributed by atoms with Crippen LogP contribution in [0.25, 0.3) is 0 Å². The van der Waals surface area contributed by atoms with Crippen molar-refractivity contribution in [2.75, 3.05) is 19.6 Å². The summed E-state index contributed by atoms with van der Waals surface area (Å²) in [6, 6.07) is 0.643. The molecule has 0 radical (unpaired) electrons. The van der Waals surface area contributed by atoms with Crippen molar-refractivity contribution in [2.24, 2.45) is 5.92 Å². The lowest BCUT2D eigenvalue weighted by Gasteiger charge is -2.11. The summed E-state index contributed by atoms with van der Waals surface area (Å²) in [7, 11) is 0. The Balaban J connectivity index is 1.94. The highest BCUT2D eigenvalue weighted by Crippen LogP contribution is 2.10. The molecule has 1 aliphatic rings. The maximum absolute atomic E-state index is 3.44. The quantitative estimate of drug-likeness (QED) is 0.634. The van der Waals surface area contributed by atoms with Gasteiger partial charge in [0, 0.05) is 6.04 Å². The van der Waals surface area contributed by atoms with E-state index in [-0.39, 0.29) is 0 Å². The first-order chi connectivity index (χ1) is 5.29. The van der Waals surface area contributed by atoms with Gasteiger partial charge in [0.25, 0.3) is 0 Å². The van der Waals surface area contributed by atoms with Crippen molar-refractivity contribution in [1.82, 2.24) is 10.6 Å². The molecule has 1 heterocycles. The van der Waals surface area contributed by atoms with Crippen molar-refractivity contribution in [1.29, 1.82) is 0 Å². The lowest BCUT2D eigenvalue weighted by molar-refractivity contribution is 0.477. The van der Waals surface area contributed by atoms with E-state index in [4.69, 9.17) is 0 Å². The van der Waals surface area contributed by atoms with Crippen molar-refractivity contribution < 1.29 is 0 Å². The average Bonchev–Trinajstić information content (AvgIpc) is 2.39. The molecule has 0 saturated carbocycles. The Hall–Kier alpha value is -0.0800. The third-order valence-electron chi connectivity index (χ3n) is 2.27. The Morgan fingerprint density at radius 2 is 2.36 bits per heavy atom. The van der Waals surface area contributed by atoms with Gasteiger partial charge in [-0.1, -0.05) is 13.8 Å². The SMILES string of the molecule is CC(C)NCC[C@@H]1CCNC1. The minimum Gasteiger partial charge on any atom is -0.316 e. The van der Waals surface area contributed by atoms with Crippen LogP contribution >= 0.6 is 0 Å². The fraction of sp³-hybridized carbons (Fsp3) is 1.00. The van der Waals surface area contributed by atoms with Crippen molar-refractivity contribution >= 4 is 0 Å². The largest absolute Gasteiger partial charge is 0.316 e. The van der Waals surface area contributed by atoms with Gasteiger partial charge in [0.05, 0.1) is 0 Å². The molecule has 0 aliphatic carbocycles. The summed E-state index contributed by atoms with van der Waals surface area (Å²) in [4.78, 5) is 0. The van der Waals surface area contributed by atoms with Crippen LogP contribution in [0.5, 0.6) is 0 Å². The molecule has 1 rings (SSSR count). The molecule has 1 atom stereocenters. The number of nitrogens with one attached hydrogen (secondary N) is 2. The summed E-state index contributed by atoms with van der Waals surface area (Å²) in [5.74, 6) is 0.932. The normalized spacial score (nSPS) is 24.8. The Labute approximate surface area is 69.8 Å². The van der Waals surface area contributed by atoms with E-state index in [0.717, 1.165) is 5.92 Å². The van der Waals surface area contributed by atoms with Crippen molar-refractivity contribution in [3.05, 3.63) is 0 Å². The van der Waals surface area contributed by atoms with E-state index in [9.17, 15) is 0 Å². The standard InChI is InChI=1S/C9H20N2/c1-8(2)11-6-4-9-3-5-10-7-9/h8-11H,3-7H2,1-2H3/t9-/m0/s1. The lowest BCUT2D eigenvalue weighted by atomic mass is 10.1. The molecule has 0 unspecified atom stereocenters. The fourth-order valence-corrected chi connectivity index (χ4v) is 1.54. The maximum Gasteiger partial charge on any atom is 0.00103 e. The fourth-order valence-electron chi connectivity index (χ4n) is 1.54. The molecule has 0 aromatic rings. The predicted octanol–water partition coefficient (Wildman–Crippen LogP) is 0.984. The molecular weight excluding hydrogens is 136 g/mol. The van der Waals surface area contributed by atoms with Crippen LogP contribution in [-0.4, -0.2) is 25.7 Å². The van der Waals surface area contributed by atoms with Crippen LogP contribution in [0.1, 0.15) is 26.7 Å². The average molecular weight is 156 g/mol. The van der Waals surface area contributed by atoms with E-state index < -0.39 is 0 Å². The Bertz CT molecular complexity index is 95.7. The van der Waals surface area contributed by atoms with Gasteiger partial charge < -0.3 is 10.6 Å². The molecule has 0 aromatic carbocycles. The molecule has 1 fully saturated rings. The molecular formula is C9H20N2. The van der Waals surface area contributed by atoms with Gasteiger partial charge in [-0.25, -0.2) is 0 Å². The van der Waals surface area contributed by atoms with E-state index in [0.29, 0.717) is 6.04 Å². The molecule has 2 heteroatoms. The zero-order chi connectivity index (χ0) is 8.10. The Morgan fingerprint density at radius 3 is 2.91 bits per heavy atom. The molecule has 1 aliphatic heterocycles. The number of hydrogen-bond acceptors (Lipinski definition) is 2. The van der Waals surface area contributed by atoms with Crippen molar-refractivity contribution in [3.63, 3.8) is 0 Å². The Morgan fingerprint density at radius 1 is 1.55 bits per heavy atom. The molecule has 0 aromatic heterocycles. The molecule has 0 spiro atoms. The molecule has 2 nitrogen and oxygen atoms in total. The minimum atomic E-state index is 0.643. The summed E-state index contributed by atoms with van der Waals surface area (Å²) in [6.45, 7) is 8.05. The van der Waals surface area contributed by atoms with Crippen LogP contribution in [0.3, 0.4) is 0 Å². The second-order valence-corrected chi connectivity index (χ2v) is 3.76. The number of rotatable bonds is 4. The zero-order valence-electron chi connectivity index (χ0n) is 7.69. The Kier molecular flexibility index (Phi) is 3.87. The van der Waals surface area contributed by atoms with E-state index in [1.165, 1.54) is 32.5 Å². The maximum atomic E-state index is 3.44. The van der Waals surface area contributed by atoms with Crippen LogP contribution < -0.4 is 10.6 Å². The monoisotopic (exact) mass is 156 g/mol. The van der Waals surface area contributed by atoms with Gasteiger partial charge in [-0.2, -0.15) is 0 Å². The van der Waals surface area contributed by atoms with Gasteiger partial charge in [-0.05, 0) is 38.4 Å². The third kappa shape index (κ3) is 3.73. The molecule has 0 amide bonds. The molecule has 66 valence electrons. The van der Waals surface area contributed by atoms with Crippen LogP contribution in [0, 0.1) is 5.92 Å². The first kappa shape index (κ1) is 9.01. The number of hydrogen-bond donors (Lipinski definition) is 2. The summed E-state index contributed by atoms with van der Waals surface area (Å²) in [6.07, 6.45) is 2.71. The van der Waals surface area contributed by atoms with E-state index in [1.807, 2.05) is 0 Å². The third-order valence-corrected chi connectivity index (χ3v) is 2.27. The van der Waals surface area contributed by atoms with Crippen LogP contribution in [-0.2, 0) is 0 Å². The van der Waals surface area contributed by atoms with Crippen molar-refractivity contribution in [2.45, 2.75) is 32.7 Å². The highest BCUT2D eigenvalue weighted by molar-refractivity contribution is 4.71. The summed E-state index contributed by atoms with van der Waals surface area (Å²) < 4.78 is 0. The van der Waals surface area contributed by atoms with Gasteiger partial charge in [0.2, 0.25) is 0 Å². The highest BCUT2D eigenvalue weighted by Gasteiger charge is 2.13. The van der Waals surface area contributed by atoms with Crippen LogP contribution in [0.4, 0.5) is 0 Å². The van der Waals surface area contributed by atoms with E-state index >= 15 is 0 Å². The smallest absolute Gasteiger partial charge is 0.00103 e. The van der Waals surface area contributed by atoms with Gasteiger partial charge in [-0.3, -0.25) is 0 Å². The molecule has 11 heavy (non-hydrogen) atoms. The topological polar surface area (TPSA) is 24.1 Å². The zero-order valence-corrected chi connectivity index (χ0v) is 7.69. The van der Waals surface area contributed by atoms with Gasteiger partial charge in [0.15, 0.2) is 0 Å². The summed E-state index contributed by atoms with van der Waals surface area (Å²) in [5, 5.41) is 6.83. The second-order valence-electron chi connectivity index (χ2n) is 3.76. The minimum absolute atomic E-state index is 0.643. The summed E-state index contributed by atoms with van der Waals surface area (Å²) in [5.41, 5.74) is 0. The van der Waals surface area contributed by atoms with Crippen molar-refractivity contribution in [3.8, 4) is 0 Å². The molecule has 2 N–H and O–H groups in total. The second kappa shape index (κ2) is 4.73. The lowest BCUT2D eigenvalue weighted by Crippen LogP contribution is -2.25. The van der Waals surface area contributed by atoms with E-state index in [1.54, 1.807) is 0 Å². The van der Waals surface area contributed by atoms with Gasteiger partial charge >= 0.3 is 0 Å². The van der Waals surface area contributed by atoms with Gasteiger partial charge in [0.1, 0.15) is 0 Å². The first-order valence-electron chi connectivity index (χ1n) is 4.73. The molecule has 1 saturated heterocycles. The summed E-state index contributed by atoms with van der Waals surface area (Å²) >= 11 is 0. The predicted molar refractivity (Wildman–Crippen MR) is 48.7 cm³/mol. The van der Waals surface area contributed by atoms with Crippen LogP contribution in [0.2, 0.25) is 0 Å². The van der Waals surface area contributed by atoms with Gasteiger partial charge in [-0.15, -0.1) is 0 Å². The first-order valence-corrected chi connectivity index (χ1v) is 4.73. The van der Waals surface area contributed by atoms with Crippen LogP contribution in [0.15, 0.2) is 0 Å². The van der Waals surface area contributed by atoms with E-state index in [2.05, 4.69) is 24.5 Å². The highest BCUT2D eigenvalue weighted by atomic mass is 14.9. The molecule has 0 bridgehead atoms.